The molecule has 1 aliphatic rings. The van der Waals surface area contributed by atoms with Crippen LogP contribution >= 0.6 is 0 Å². The minimum atomic E-state index is -3.74. The summed E-state index contributed by atoms with van der Waals surface area (Å²) in [5, 5.41) is 1.92. The molecule has 156 valence electrons. The van der Waals surface area contributed by atoms with Crippen LogP contribution in [-0.4, -0.2) is 37.4 Å². The van der Waals surface area contributed by atoms with Crippen LogP contribution in [0.5, 0.6) is 0 Å². The van der Waals surface area contributed by atoms with Crippen molar-refractivity contribution in [1.82, 2.24) is 5.32 Å². The van der Waals surface area contributed by atoms with E-state index in [-0.39, 0.29) is 11.4 Å². The highest BCUT2D eigenvalue weighted by molar-refractivity contribution is 7.92. The average molecular weight is 417 g/mol. The number of rotatable bonds is 5. The van der Waals surface area contributed by atoms with Crippen molar-refractivity contribution in [2.75, 3.05) is 6.54 Å². The molecule has 0 spiro atoms. The van der Waals surface area contributed by atoms with Crippen LogP contribution in [0.2, 0.25) is 0 Å². The van der Waals surface area contributed by atoms with E-state index in [1.54, 1.807) is 45.0 Å². The van der Waals surface area contributed by atoms with E-state index in [1.807, 2.05) is 37.3 Å². The highest BCUT2D eigenvalue weighted by Crippen LogP contribution is 2.56. The SMILES string of the molecule is Cc1ccc(S(=O)(=O)[C@H]2[C@@H](c3ccccc3)[C@@]2(CN)NC(=O)OC(C)(C)C)cc1. The monoisotopic (exact) mass is 416 g/mol. The summed E-state index contributed by atoms with van der Waals surface area (Å²) < 4.78 is 32.3. The van der Waals surface area contributed by atoms with Gasteiger partial charge in [-0.3, -0.25) is 0 Å². The van der Waals surface area contributed by atoms with Crippen molar-refractivity contribution < 1.29 is 17.9 Å². The number of carbonyl (C=O) groups excluding carboxylic acids is 1. The highest BCUT2D eigenvalue weighted by atomic mass is 32.2. The molecule has 0 saturated heterocycles. The van der Waals surface area contributed by atoms with E-state index in [0.29, 0.717) is 0 Å². The molecular weight excluding hydrogens is 388 g/mol. The lowest BCUT2D eigenvalue weighted by Crippen LogP contribution is -2.49. The molecule has 2 aromatic rings. The molecule has 0 unspecified atom stereocenters. The number of hydrogen-bond acceptors (Lipinski definition) is 5. The number of amides is 1. The van der Waals surface area contributed by atoms with Gasteiger partial charge in [-0.05, 0) is 45.4 Å². The number of nitrogens with two attached hydrogens (primary N) is 1. The summed E-state index contributed by atoms with van der Waals surface area (Å²) in [6.45, 7) is 7.13. The molecule has 3 rings (SSSR count). The lowest BCUT2D eigenvalue weighted by atomic mass is 10.1. The fourth-order valence-corrected chi connectivity index (χ4v) is 6.15. The third-order valence-corrected chi connectivity index (χ3v) is 7.46. The van der Waals surface area contributed by atoms with Crippen molar-refractivity contribution in [2.45, 2.75) is 54.9 Å². The zero-order valence-electron chi connectivity index (χ0n) is 17.2. The maximum absolute atomic E-state index is 13.5. The number of carbonyl (C=O) groups is 1. The van der Waals surface area contributed by atoms with Gasteiger partial charge in [-0.25, -0.2) is 13.2 Å². The lowest BCUT2D eigenvalue weighted by Gasteiger charge is -2.24. The standard InChI is InChI=1S/C22H28N2O4S/c1-15-10-12-17(13-11-15)29(26,27)19-18(16-8-6-5-7-9-16)22(19,14-23)24-20(25)28-21(2,3)4/h5-13,18-19H,14,23H2,1-4H3,(H,24,25)/t18-,19+,22-/m1/s1. The summed E-state index contributed by atoms with van der Waals surface area (Å²) in [6, 6.07) is 16.0. The highest BCUT2D eigenvalue weighted by Gasteiger charge is 2.71. The maximum atomic E-state index is 13.5. The number of hydrogen-bond donors (Lipinski definition) is 2. The number of benzene rings is 2. The van der Waals surface area contributed by atoms with E-state index in [4.69, 9.17) is 10.5 Å². The number of ether oxygens (including phenoxy) is 1. The van der Waals surface area contributed by atoms with Gasteiger partial charge in [0.25, 0.3) is 0 Å². The van der Waals surface area contributed by atoms with Crippen molar-refractivity contribution in [3.63, 3.8) is 0 Å². The first-order chi connectivity index (χ1) is 13.5. The number of sulfone groups is 1. The molecule has 0 aliphatic heterocycles. The topological polar surface area (TPSA) is 98.5 Å². The number of aryl methyl sites for hydroxylation is 1. The number of nitrogens with one attached hydrogen (secondary N) is 1. The van der Waals surface area contributed by atoms with E-state index in [0.717, 1.165) is 11.1 Å². The van der Waals surface area contributed by atoms with E-state index in [9.17, 15) is 13.2 Å². The van der Waals surface area contributed by atoms with E-state index < -0.39 is 38.2 Å². The largest absolute Gasteiger partial charge is 0.444 e. The van der Waals surface area contributed by atoms with Gasteiger partial charge in [0.2, 0.25) is 0 Å². The molecule has 3 N–H and O–H groups in total. The minimum Gasteiger partial charge on any atom is -0.444 e. The summed E-state index contributed by atoms with van der Waals surface area (Å²) in [7, 11) is -3.74. The fourth-order valence-electron chi connectivity index (χ4n) is 3.80. The number of alkyl carbamates (subject to hydrolysis) is 1. The minimum absolute atomic E-state index is 0.0262. The molecule has 29 heavy (non-hydrogen) atoms. The molecule has 1 aliphatic carbocycles. The van der Waals surface area contributed by atoms with Gasteiger partial charge in [0.05, 0.1) is 10.4 Å². The predicted octanol–water partition coefficient (Wildman–Crippen LogP) is 3.16. The Kier molecular flexibility index (Phi) is 5.49. The van der Waals surface area contributed by atoms with Gasteiger partial charge in [-0.1, -0.05) is 48.0 Å². The normalized spacial score (nSPS) is 24.0. The molecule has 0 radical (unpaired) electrons. The van der Waals surface area contributed by atoms with Crippen LogP contribution in [0.4, 0.5) is 4.79 Å². The van der Waals surface area contributed by atoms with Gasteiger partial charge in [-0.15, -0.1) is 0 Å². The van der Waals surface area contributed by atoms with Gasteiger partial charge >= 0.3 is 6.09 Å². The molecule has 1 fully saturated rings. The van der Waals surface area contributed by atoms with Crippen LogP contribution in [-0.2, 0) is 14.6 Å². The van der Waals surface area contributed by atoms with Crippen molar-refractivity contribution >= 4 is 15.9 Å². The first-order valence-electron chi connectivity index (χ1n) is 9.58. The molecule has 2 aromatic carbocycles. The summed E-state index contributed by atoms with van der Waals surface area (Å²) in [5.74, 6) is -0.465. The maximum Gasteiger partial charge on any atom is 0.408 e. The summed E-state index contributed by atoms with van der Waals surface area (Å²) in [4.78, 5) is 12.7. The first kappa shape index (κ1) is 21.3. The quantitative estimate of drug-likeness (QED) is 0.780. The molecule has 0 bridgehead atoms. The van der Waals surface area contributed by atoms with Crippen LogP contribution in [0, 0.1) is 6.92 Å². The van der Waals surface area contributed by atoms with Crippen molar-refractivity contribution in [3.8, 4) is 0 Å². The molecule has 6 nitrogen and oxygen atoms in total. The van der Waals surface area contributed by atoms with Crippen molar-refractivity contribution in [1.29, 1.82) is 0 Å². The molecule has 7 heteroatoms. The van der Waals surface area contributed by atoms with Crippen LogP contribution in [0.1, 0.15) is 37.8 Å². The Morgan fingerprint density at radius 2 is 1.69 bits per heavy atom. The predicted molar refractivity (Wildman–Crippen MR) is 112 cm³/mol. The van der Waals surface area contributed by atoms with E-state index in [2.05, 4.69) is 5.32 Å². The van der Waals surface area contributed by atoms with Crippen LogP contribution in [0.3, 0.4) is 0 Å². The lowest BCUT2D eigenvalue weighted by molar-refractivity contribution is 0.0497. The zero-order chi connectivity index (χ0) is 21.4. The third kappa shape index (κ3) is 4.16. The van der Waals surface area contributed by atoms with E-state index in [1.165, 1.54) is 0 Å². The molecule has 1 amide bonds. The Bertz CT molecular complexity index is 982. The van der Waals surface area contributed by atoms with Crippen LogP contribution < -0.4 is 11.1 Å². The van der Waals surface area contributed by atoms with Gasteiger partial charge < -0.3 is 15.8 Å². The average Bonchev–Trinajstić information content (AvgIpc) is 3.30. The summed E-state index contributed by atoms with van der Waals surface area (Å²) in [5.41, 5.74) is 6.01. The van der Waals surface area contributed by atoms with Crippen molar-refractivity contribution in [2.24, 2.45) is 5.73 Å². The van der Waals surface area contributed by atoms with Gasteiger partial charge in [0, 0.05) is 12.5 Å². The van der Waals surface area contributed by atoms with Crippen molar-refractivity contribution in [3.05, 3.63) is 65.7 Å². The second-order valence-electron chi connectivity index (χ2n) is 8.54. The third-order valence-electron chi connectivity index (χ3n) is 5.17. The second-order valence-corrected chi connectivity index (χ2v) is 10.6. The fraction of sp³-hybridized carbons (Fsp3) is 0.409. The Hall–Kier alpha value is -2.38. The molecule has 0 heterocycles. The summed E-state index contributed by atoms with van der Waals surface area (Å²) in [6.07, 6.45) is -0.675. The Balaban J connectivity index is 2.02. The summed E-state index contributed by atoms with van der Waals surface area (Å²) >= 11 is 0. The van der Waals surface area contributed by atoms with Crippen LogP contribution in [0.15, 0.2) is 59.5 Å². The Morgan fingerprint density at radius 1 is 1.10 bits per heavy atom. The van der Waals surface area contributed by atoms with Gasteiger partial charge in [0.15, 0.2) is 9.84 Å². The Labute approximate surface area is 172 Å². The molecular formula is C22H28N2O4S. The first-order valence-corrected chi connectivity index (χ1v) is 11.1. The van der Waals surface area contributed by atoms with Gasteiger partial charge in [-0.2, -0.15) is 0 Å². The molecule has 3 atom stereocenters. The van der Waals surface area contributed by atoms with Gasteiger partial charge in [0.1, 0.15) is 10.9 Å². The zero-order valence-corrected chi connectivity index (χ0v) is 18.0. The smallest absolute Gasteiger partial charge is 0.408 e. The molecule has 0 aromatic heterocycles. The van der Waals surface area contributed by atoms with Crippen LogP contribution in [0.25, 0.3) is 0 Å². The molecule has 1 saturated carbocycles. The Morgan fingerprint density at radius 3 is 2.21 bits per heavy atom. The van der Waals surface area contributed by atoms with E-state index >= 15 is 0 Å². The second kappa shape index (κ2) is 7.46.